The van der Waals surface area contributed by atoms with Crippen LogP contribution in [0.15, 0.2) is 22.7 Å². The van der Waals surface area contributed by atoms with Crippen molar-refractivity contribution in [3.05, 3.63) is 28.2 Å². The van der Waals surface area contributed by atoms with Crippen molar-refractivity contribution < 1.29 is 4.74 Å². The van der Waals surface area contributed by atoms with Gasteiger partial charge in [0.25, 0.3) is 0 Å². The SMILES string of the molecule is CCNC(Cc1cc(Br)ccc1OC)C1CCCS1. The molecule has 1 saturated heterocycles. The Labute approximate surface area is 128 Å². The van der Waals surface area contributed by atoms with E-state index in [4.69, 9.17) is 4.74 Å². The summed E-state index contributed by atoms with van der Waals surface area (Å²) in [5, 5.41) is 4.39. The zero-order valence-electron chi connectivity index (χ0n) is 11.6. The molecule has 2 atom stereocenters. The van der Waals surface area contributed by atoms with Gasteiger partial charge in [0.1, 0.15) is 5.75 Å². The number of ether oxygens (including phenoxy) is 1. The third kappa shape index (κ3) is 4.14. The summed E-state index contributed by atoms with van der Waals surface area (Å²) in [6, 6.07) is 6.81. The number of methoxy groups -OCH3 is 1. The van der Waals surface area contributed by atoms with Crippen molar-refractivity contribution in [1.29, 1.82) is 0 Å². The van der Waals surface area contributed by atoms with E-state index >= 15 is 0 Å². The summed E-state index contributed by atoms with van der Waals surface area (Å²) in [6.45, 7) is 3.21. The quantitative estimate of drug-likeness (QED) is 0.846. The summed E-state index contributed by atoms with van der Waals surface area (Å²) < 4.78 is 6.61. The van der Waals surface area contributed by atoms with Crippen LogP contribution in [0.4, 0.5) is 0 Å². The van der Waals surface area contributed by atoms with E-state index < -0.39 is 0 Å². The van der Waals surface area contributed by atoms with Crippen molar-refractivity contribution in [2.45, 2.75) is 37.5 Å². The van der Waals surface area contributed by atoms with E-state index in [9.17, 15) is 0 Å². The number of benzene rings is 1. The Bertz CT molecular complexity index is 407. The summed E-state index contributed by atoms with van der Waals surface area (Å²) in [4.78, 5) is 0. The van der Waals surface area contributed by atoms with Crippen molar-refractivity contribution in [1.82, 2.24) is 5.32 Å². The van der Waals surface area contributed by atoms with Crippen LogP contribution in [0.1, 0.15) is 25.3 Å². The first-order chi connectivity index (χ1) is 9.24. The molecule has 0 aromatic heterocycles. The van der Waals surface area contributed by atoms with Gasteiger partial charge in [-0.05, 0) is 55.3 Å². The van der Waals surface area contributed by atoms with Crippen molar-refractivity contribution in [2.75, 3.05) is 19.4 Å². The van der Waals surface area contributed by atoms with Crippen LogP contribution in [0.5, 0.6) is 5.75 Å². The number of halogens is 1. The summed E-state index contributed by atoms with van der Waals surface area (Å²) in [5.41, 5.74) is 1.29. The standard InChI is InChI=1S/C15H22BrNOS/c1-3-17-13(15-5-4-8-19-15)10-11-9-12(16)6-7-14(11)18-2/h6-7,9,13,15,17H,3-5,8,10H2,1-2H3. The van der Waals surface area contributed by atoms with Gasteiger partial charge in [-0.15, -0.1) is 0 Å². The molecule has 0 spiro atoms. The molecule has 1 fully saturated rings. The van der Waals surface area contributed by atoms with Gasteiger partial charge in [0.15, 0.2) is 0 Å². The third-order valence-electron chi connectivity index (χ3n) is 3.56. The maximum atomic E-state index is 5.49. The molecule has 19 heavy (non-hydrogen) atoms. The van der Waals surface area contributed by atoms with E-state index in [1.54, 1.807) is 7.11 Å². The van der Waals surface area contributed by atoms with E-state index in [0.29, 0.717) is 6.04 Å². The first-order valence-electron chi connectivity index (χ1n) is 6.92. The molecule has 4 heteroatoms. The number of rotatable bonds is 6. The zero-order valence-corrected chi connectivity index (χ0v) is 14.0. The minimum Gasteiger partial charge on any atom is -0.496 e. The fraction of sp³-hybridized carbons (Fsp3) is 0.600. The number of likely N-dealkylation sites (N-methyl/N-ethyl adjacent to an activating group) is 1. The Morgan fingerprint density at radius 1 is 1.53 bits per heavy atom. The maximum Gasteiger partial charge on any atom is 0.122 e. The number of nitrogens with one attached hydrogen (secondary N) is 1. The molecule has 1 aliphatic heterocycles. The average Bonchev–Trinajstić information content (AvgIpc) is 2.92. The second-order valence-corrected chi connectivity index (χ2v) is 7.14. The van der Waals surface area contributed by atoms with E-state index in [1.807, 2.05) is 12.1 Å². The molecule has 2 rings (SSSR count). The summed E-state index contributed by atoms with van der Waals surface area (Å²) in [7, 11) is 1.75. The Morgan fingerprint density at radius 2 is 2.37 bits per heavy atom. The minimum atomic E-state index is 0.542. The van der Waals surface area contributed by atoms with Crippen LogP contribution in [0.25, 0.3) is 0 Å². The maximum absolute atomic E-state index is 5.49. The van der Waals surface area contributed by atoms with Gasteiger partial charge in [-0.2, -0.15) is 11.8 Å². The molecular weight excluding hydrogens is 322 g/mol. The number of thioether (sulfide) groups is 1. The molecule has 0 amide bonds. The second-order valence-electron chi connectivity index (χ2n) is 4.88. The van der Waals surface area contributed by atoms with Gasteiger partial charge in [0, 0.05) is 15.8 Å². The number of hydrogen-bond acceptors (Lipinski definition) is 3. The van der Waals surface area contributed by atoms with E-state index in [0.717, 1.165) is 28.4 Å². The Balaban J connectivity index is 2.13. The Kier molecular flexibility index (Phi) is 6.05. The molecule has 0 saturated carbocycles. The van der Waals surface area contributed by atoms with Crippen molar-refractivity contribution in [2.24, 2.45) is 0 Å². The summed E-state index contributed by atoms with van der Waals surface area (Å²) in [5.74, 6) is 2.30. The van der Waals surface area contributed by atoms with Gasteiger partial charge in [-0.3, -0.25) is 0 Å². The van der Waals surface area contributed by atoms with Crippen molar-refractivity contribution in [3.8, 4) is 5.75 Å². The van der Waals surface area contributed by atoms with Gasteiger partial charge in [0.2, 0.25) is 0 Å². The smallest absolute Gasteiger partial charge is 0.122 e. The lowest BCUT2D eigenvalue weighted by Crippen LogP contribution is -2.39. The molecular formula is C15H22BrNOS. The summed E-state index contributed by atoms with van der Waals surface area (Å²) in [6.07, 6.45) is 3.72. The second kappa shape index (κ2) is 7.55. The molecule has 1 aromatic carbocycles. The molecule has 1 N–H and O–H groups in total. The van der Waals surface area contributed by atoms with Gasteiger partial charge < -0.3 is 10.1 Å². The largest absolute Gasteiger partial charge is 0.496 e. The molecule has 106 valence electrons. The van der Waals surface area contributed by atoms with Crippen molar-refractivity contribution in [3.63, 3.8) is 0 Å². The van der Waals surface area contributed by atoms with Crippen LogP contribution in [0.3, 0.4) is 0 Å². The average molecular weight is 344 g/mol. The van der Waals surface area contributed by atoms with Crippen LogP contribution >= 0.6 is 27.7 Å². The van der Waals surface area contributed by atoms with E-state index in [-0.39, 0.29) is 0 Å². The van der Waals surface area contributed by atoms with Crippen LogP contribution in [-0.4, -0.2) is 30.7 Å². The van der Waals surface area contributed by atoms with Crippen LogP contribution in [0, 0.1) is 0 Å². The van der Waals surface area contributed by atoms with Crippen LogP contribution in [0.2, 0.25) is 0 Å². The fourth-order valence-corrected chi connectivity index (χ4v) is 4.46. The first-order valence-corrected chi connectivity index (χ1v) is 8.76. The fourth-order valence-electron chi connectivity index (χ4n) is 2.66. The number of hydrogen-bond donors (Lipinski definition) is 1. The normalized spacial score (nSPS) is 20.5. The van der Waals surface area contributed by atoms with Crippen LogP contribution in [-0.2, 0) is 6.42 Å². The lowest BCUT2D eigenvalue weighted by atomic mass is 10.00. The highest BCUT2D eigenvalue weighted by Crippen LogP contribution is 2.32. The molecule has 0 radical (unpaired) electrons. The van der Waals surface area contributed by atoms with E-state index in [1.165, 1.54) is 24.2 Å². The highest BCUT2D eigenvalue weighted by Gasteiger charge is 2.26. The monoisotopic (exact) mass is 343 g/mol. The van der Waals surface area contributed by atoms with Gasteiger partial charge in [-0.1, -0.05) is 22.9 Å². The van der Waals surface area contributed by atoms with Gasteiger partial charge >= 0.3 is 0 Å². The Hall–Kier alpha value is -0.190. The predicted molar refractivity (Wildman–Crippen MR) is 87.3 cm³/mol. The predicted octanol–water partition coefficient (Wildman–Crippen LogP) is 3.87. The third-order valence-corrected chi connectivity index (χ3v) is 5.57. The molecule has 1 aliphatic rings. The van der Waals surface area contributed by atoms with Crippen LogP contribution < -0.4 is 10.1 Å². The molecule has 1 heterocycles. The molecule has 1 aromatic rings. The van der Waals surface area contributed by atoms with Crippen molar-refractivity contribution >= 4 is 27.7 Å². The lowest BCUT2D eigenvalue weighted by Gasteiger charge is -2.24. The summed E-state index contributed by atoms with van der Waals surface area (Å²) >= 11 is 5.67. The Morgan fingerprint density at radius 3 is 3.00 bits per heavy atom. The molecule has 0 aliphatic carbocycles. The molecule has 2 unspecified atom stereocenters. The lowest BCUT2D eigenvalue weighted by molar-refractivity contribution is 0.403. The molecule has 2 nitrogen and oxygen atoms in total. The van der Waals surface area contributed by atoms with Gasteiger partial charge in [-0.25, -0.2) is 0 Å². The highest BCUT2D eigenvalue weighted by atomic mass is 79.9. The highest BCUT2D eigenvalue weighted by molar-refractivity contribution is 9.10. The first kappa shape index (κ1) is 15.2. The minimum absolute atomic E-state index is 0.542. The topological polar surface area (TPSA) is 21.3 Å². The zero-order chi connectivity index (χ0) is 13.7. The molecule has 0 bridgehead atoms. The van der Waals surface area contributed by atoms with Gasteiger partial charge in [0.05, 0.1) is 7.11 Å². The van der Waals surface area contributed by atoms with E-state index in [2.05, 4.69) is 46.0 Å².